The van der Waals surface area contributed by atoms with E-state index in [2.05, 4.69) is 95.6 Å². The molecule has 2 amide bonds. The van der Waals surface area contributed by atoms with Crippen molar-refractivity contribution >= 4 is 40.3 Å². The van der Waals surface area contributed by atoms with Crippen LogP contribution in [0.4, 0.5) is 0 Å². The summed E-state index contributed by atoms with van der Waals surface area (Å²) in [4.78, 5) is 25.9. The van der Waals surface area contributed by atoms with Crippen molar-refractivity contribution in [2.24, 2.45) is 10.8 Å². The molecule has 4 N–H and O–H groups in total. The van der Waals surface area contributed by atoms with Crippen molar-refractivity contribution < 1.29 is 19.8 Å². The Morgan fingerprint density at radius 3 is 1.16 bits per heavy atom. The zero-order valence-corrected chi connectivity index (χ0v) is 28.0. The Bertz CT molecular complexity index is 1430. The average Bonchev–Trinajstić information content (AvgIpc) is 3.03. The SMILES string of the molecule is CC(C)(C)[C@H](O)C(=O)NCc1cc(CNC(=O)[C@@H](O)C(C)(C)C)cc([P+](c2ccccc2)(c2ccccc2)c2ccccc2)c1. The molecule has 0 bridgehead atoms. The lowest BCUT2D eigenvalue weighted by Crippen LogP contribution is -2.43. The molecule has 236 valence electrons. The minimum absolute atomic E-state index is 0.198. The normalized spacial score (nSPS) is 13.5. The van der Waals surface area contributed by atoms with E-state index in [1.54, 1.807) is 0 Å². The number of carbonyl (C=O) groups is 2. The minimum atomic E-state index is -2.47. The molecule has 0 unspecified atom stereocenters. The van der Waals surface area contributed by atoms with Gasteiger partial charge in [0.1, 0.15) is 40.7 Å². The van der Waals surface area contributed by atoms with Crippen LogP contribution >= 0.6 is 7.26 Å². The summed E-state index contributed by atoms with van der Waals surface area (Å²) in [6, 6.07) is 37.7. The summed E-state index contributed by atoms with van der Waals surface area (Å²) >= 11 is 0. The number of aliphatic hydroxyl groups is 2. The fraction of sp³-hybridized carbons (Fsp3) is 0.316. The Morgan fingerprint density at radius 2 is 0.867 bits per heavy atom. The van der Waals surface area contributed by atoms with Crippen LogP contribution in [0.1, 0.15) is 52.7 Å². The van der Waals surface area contributed by atoms with Gasteiger partial charge in [-0.25, -0.2) is 0 Å². The molecular weight excluding hydrogens is 579 g/mol. The molecule has 0 saturated heterocycles. The Kier molecular flexibility index (Phi) is 10.7. The first kappa shape index (κ1) is 34.1. The van der Waals surface area contributed by atoms with Crippen LogP contribution in [-0.4, -0.2) is 34.2 Å². The molecule has 0 aromatic heterocycles. The van der Waals surface area contributed by atoms with Crippen LogP contribution in [0.15, 0.2) is 109 Å². The molecule has 45 heavy (non-hydrogen) atoms. The summed E-state index contributed by atoms with van der Waals surface area (Å²) in [6.07, 6.45) is -2.33. The minimum Gasteiger partial charge on any atom is -0.383 e. The van der Waals surface area contributed by atoms with Crippen LogP contribution < -0.4 is 31.9 Å². The first-order valence-corrected chi connectivity index (χ1v) is 17.1. The highest BCUT2D eigenvalue weighted by molar-refractivity contribution is 8.01. The number of rotatable bonds is 10. The van der Waals surface area contributed by atoms with Gasteiger partial charge in [0, 0.05) is 13.1 Å². The first-order chi connectivity index (χ1) is 21.2. The predicted molar refractivity (Wildman–Crippen MR) is 186 cm³/mol. The van der Waals surface area contributed by atoms with E-state index in [1.807, 2.05) is 65.8 Å². The van der Waals surface area contributed by atoms with Gasteiger partial charge in [-0.2, -0.15) is 0 Å². The molecule has 6 nitrogen and oxygen atoms in total. The fourth-order valence-electron chi connectivity index (χ4n) is 5.35. The Labute approximate surface area is 268 Å². The third-order valence-electron chi connectivity index (χ3n) is 7.93. The number of nitrogens with one attached hydrogen (secondary N) is 2. The number of amides is 2. The van der Waals surface area contributed by atoms with E-state index >= 15 is 0 Å². The van der Waals surface area contributed by atoms with E-state index in [0.717, 1.165) is 16.4 Å². The van der Waals surface area contributed by atoms with Gasteiger partial charge in [-0.1, -0.05) is 102 Å². The van der Waals surface area contributed by atoms with Gasteiger partial charge in [-0.05, 0) is 70.5 Å². The summed E-state index contributed by atoms with van der Waals surface area (Å²) in [7, 11) is -2.47. The largest absolute Gasteiger partial charge is 0.383 e. The van der Waals surface area contributed by atoms with E-state index in [-0.39, 0.29) is 13.1 Å². The smallest absolute Gasteiger partial charge is 0.249 e. The van der Waals surface area contributed by atoms with Gasteiger partial charge >= 0.3 is 0 Å². The highest BCUT2D eigenvalue weighted by Crippen LogP contribution is 2.54. The Morgan fingerprint density at radius 1 is 0.556 bits per heavy atom. The standard InChI is InChI=1S/C38H45N2O4P/c1-37(2,3)33(41)35(43)39-25-27-22-28(26-40-36(44)34(42)38(4,5)6)24-32(23-27)45(29-16-10-7-11-17-29,30-18-12-8-13-19-30)31-20-14-9-15-21-31/h7-24,33-34,41-42H,25-26H2,1-6H3,(H-,39,40,43,44)/p+1/t33-,34-/m1/s1. The van der Waals surface area contributed by atoms with Crippen molar-refractivity contribution in [1.82, 2.24) is 10.6 Å². The Hall–Kier alpha value is -3.83. The number of hydrogen-bond acceptors (Lipinski definition) is 4. The number of hydrogen-bond donors (Lipinski definition) is 4. The van der Waals surface area contributed by atoms with E-state index in [0.29, 0.717) is 0 Å². The van der Waals surface area contributed by atoms with Crippen molar-refractivity contribution in [2.75, 3.05) is 0 Å². The molecule has 0 spiro atoms. The lowest BCUT2D eigenvalue weighted by atomic mass is 9.88. The lowest BCUT2D eigenvalue weighted by molar-refractivity contribution is -0.135. The van der Waals surface area contributed by atoms with Gasteiger partial charge in [0.2, 0.25) is 11.8 Å². The molecule has 0 aliphatic heterocycles. The molecule has 4 aromatic rings. The third kappa shape index (κ3) is 7.88. The molecule has 0 saturated carbocycles. The quantitative estimate of drug-likeness (QED) is 0.197. The van der Waals surface area contributed by atoms with Gasteiger partial charge in [0.15, 0.2) is 0 Å². The molecule has 0 heterocycles. The van der Waals surface area contributed by atoms with Crippen LogP contribution in [0.5, 0.6) is 0 Å². The second-order valence-electron chi connectivity index (χ2n) is 13.7. The van der Waals surface area contributed by atoms with Gasteiger partial charge < -0.3 is 20.8 Å². The highest BCUT2D eigenvalue weighted by atomic mass is 31.2. The van der Waals surface area contributed by atoms with Crippen molar-refractivity contribution in [1.29, 1.82) is 0 Å². The molecule has 0 aliphatic carbocycles. The van der Waals surface area contributed by atoms with Gasteiger partial charge in [0.05, 0.1) is 0 Å². The zero-order chi connectivity index (χ0) is 32.8. The maximum Gasteiger partial charge on any atom is 0.249 e. The highest BCUT2D eigenvalue weighted by Gasteiger charge is 2.48. The first-order valence-electron chi connectivity index (χ1n) is 15.4. The van der Waals surface area contributed by atoms with Crippen LogP contribution in [-0.2, 0) is 22.7 Å². The lowest BCUT2D eigenvalue weighted by Gasteiger charge is -2.29. The molecule has 4 aromatic carbocycles. The van der Waals surface area contributed by atoms with Crippen LogP contribution in [0.3, 0.4) is 0 Å². The van der Waals surface area contributed by atoms with E-state index in [4.69, 9.17) is 0 Å². The van der Waals surface area contributed by atoms with Gasteiger partial charge in [0.25, 0.3) is 0 Å². The maximum absolute atomic E-state index is 12.9. The van der Waals surface area contributed by atoms with E-state index in [1.165, 1.54) is 15.9 Å². The van der Waals surface area contributed by atoms with E-state index in [9.17, 15) is 19.8 Å². The Balaban J connectivity index is 1.90. The van der Waals surface area contributed by atoms with Crippen molar-refractivity contribution in [3.05, 3.63) is 120 Å². The summed E-state index contributed by atoms with van der Waals surface area (Å²) in [5.74, 6) is -0.877. The molecule has 0 radical (unpaired) electrons. The van der Waals surface area contributed by atoms with Gasteiger partial charge in [-0.3, -0.25) is 9.59 Å². The van der Waals surface area contributed by atoms with Crippen molar-refractivity contribution in [2.45, 2.75) is 66.8 Å². The van der Waals surface area contributed by atoms with Crippen molar-refractivity contribution in [3.63, 3.8) is 0 Å². The summed E-state index contributed by atoms with van der Waals surface area (Å²) in [6.45, 7) is 11.3. The molecule has 2 atom stereocenters. The van der Waals surface area contributed by atoms with Crippen molar-refractivity contribution in [3.8, 4) is 0 Å². The molecule has 0 aliphatic rings. The monoisotopic (exact) mass is 625 g/mol. The summed E-state index contributed by atoms with van der Waals surface area (Å²) < 4.78 is 0. The topological polar surface area (TPSA) is 98.7 Å². The van der Waals surface area contributed by atoms with Crippen LogP contribution in [0.25, 0.3) is 0 Å². The predicted octanol–water partition coefficient (Wildman–Crippen LogP) is 4.35. The second kappa shape index (κ2) is 14.1. The third-order valence-corrected chi connectivity index (χ3v) is 12.2. The molecular formula is C38H46N2O4P+. The summed E-state index contributed by atoms with van der Waals surface area (Å²) in [5.41, 5.74) is 0.470. The molecule has 4 rings (SSSR count). The van der Waals surface area contributed by atoms with E-state index < -0.39 is 42.1 Å². The average molecular weight is 626 g/mol. The maximum atomic E-state index is 12.9. The molecule has 7 heteroatoms. The van der Waals surface area contributed by atoms with Gasteiger partial charge in [-0.15, -0.1) is 0 Å². The number of benzene rings is 4. The summed E-state index contributed by atoms with van der Waals surface area (Å²) in [5, 5.41) is 31.6. The van der Waals surface area contributed by atoms with Crippen LogP contribution in [0, 0.1) is 10.8 Å². The number of aliphatic hydroxyl groups excluding tert-OH is 2. The fourth-order valence-corrected chi connectivity index (χ4v) is 9.71. The number of carbonyl (C=O) groups excluding carboxylic acids is 2. The zero-order valence-electron chi connectivity index (χ0n) is 27.1. The second-order valence-corrected chi connectivity index (χ2v) is 17.1. The molecule has 0 fully saturated rings. The van der Waals surface area contributed by atoms with Crippen LogP contribution in [0.2, 0.25) is 0 Å².